The Morgan fingerprint density at radius 2 is 2.00 bits per heavy atom. The van der Waals surface area contributed by atoms with E-state index >= 15 is 0 Å². The molecular formula is C8H14Ge. The molecule has 0 aliphatic heterocycles. The summed E-state index contributed by atoms with van der Waals surface area (Å²) in [5, 5.41) is 0. The summed E-state index contributed by atoms with van der Waals surface area (Å²) in [5.74, 6) is 0.732. The summed E-state index contributed by atoms with van der Waals surface area (Å²) in [4.78, 5) is 0. The van der Waals surface area contributed by atoms with Gasteiger partial charge in [-0.1, -0.05) is 0 Å². The van der Waals surface area contributed by atoms with Crippen LogP contribution in [0.3, 0.4) is 0 Å². The molecule has 1 unspecified atom stereocenters. The second-order valence-electron chi connectivity index (χ2n) is 2.95. The van der Waals surface area contributed by atoms with E-state index in [0.717, 1.165) is 22.4 Å². The van der Waals surface area contributed by atoms with Crippen LogP contribution in [-0.4, -0.2) is 16.5 Å². The number of hydrogen-bond donors (Lipinski definition) is 0. The average Bonchev–Trinajstić information content (AvgIpc) is 1.98. The third-order valence-electron chi connectivity index (χ3n) is 2.37. The van der Waals surface area contributed by atoms with Gasteiger partial charge in [0.15, 0.2) is 0 Å². The third-order valence-corrected chi connectivity index (χ3v) is 4.64. The number of allylic oxidation sites excluding steroid dienone is 4. The van der Waals surface area contributed by atoms with Gasteiger partial charge in [-0.3, -0.25) is 0 Å². The summed E-state index contributed by atoms with van der Waals surface area (Å²) in [7, 11) is 0. The van der Waals surface area contributed by atoms with E-state index in [0.29, 0.717) is 0 Å². The summed E-state index contributed by atoms with van der Waals surface area (Å²) in [6.45, 7) is 6.77. The summed E-state index contributed by atoms with van der Waals surface area (Å²) >= 11 is 0.878. The van der Waals surface area contributed by atoms with Gasteiger partial charge in [-0.25, -0.2) is 0 Å². The molecule has 0 amide bonds. The molecule has 0 heterocycles. The fraction of sp³-hybridized carbons (Fsp3) is 0.500. The maximum absolute atomic E-state index is 2.41. The van der Waals surface area contributed by atoms with E-state index in [2.05, 4.69) is 26.8 Å². The number of hydrogen-bond acceptors (Lipinski definition) is 0. The van der Waals surface area contributed by atoms with Crippen LogP contribution < -0.4 is 0 Å². The van der Waals surface area contributed by atoms with Gasteiger partial charge in [0.2, 0.25) is 0 Å². The van der Waals surface area contributed by atoms with Crippen molar-refractivity contribution in [3.05, 3.63) is 21.6 Å². The van der Waals surface area contributed by atoms with Crippen LogP contribution >= 0.6 is 0 Å². The first-order valence-corrected chi connectivity index (χ1v) is 5.59. The molecule has 1 aliphatic carbocycles. The zero-order valence-corrected chi connectivity index (χ0v) is 10.9. The first-order chi connectivity index (χ1) is 4.13. The van der Waals surface area contributed by atoms with Gasteiger partial charge in [-0.2, -0.15) is 0 Å². The van der Waals surface area contributed by atoms with Crippen molar-refractivity contribution in [1.82, 2.24) is 0 Å². The van der Waals surface area contributed by atoms with Crippen molar-refractivity contribution in [3.8, 4) is 0 Å². The first-order valence-electron chi connectivity index (χ1n) is 3.49. The van der Waals surface area contributed by atoms with E-state index in [1.807, 2.05) is 0 Å². The van der Waals surface area contributed by atoms with Crippen LogP contribution in [0.5, 0.6) is 0 Å². The molecule has 1 heteroatoms. The quantitative estimate of drug-likeness (QED) is 0.495. The molecule has 0 aromatic rings. The van der Waals surface area contributed by atoms with Crippen LogP contribution in [0.25, 0.3) is 0 Å². The minimum absolute atomic E-state index is 0.732. The Labute approximate surface area is 65.3 Å². The van der Waals surface area contributed by atoms with E-state index in [1.54, 1.807) is 15.6 Å². The second-order valence-corrected chi connectivity index (χ2v) is 5.21. The van der Waals surface area contributed by atoms with Crippen molar-refractivity contribution in [3.63, 3.8) is 0 Å². The molecule has 1 atom stereocenters. The van der Waals surface area contributed by atoms with Crippen LogP contribution in [0.1, 0.15) is 20.8 Å². The Balaban J connectivity index is 2.97. The molecule has 1 aliphatic rings. The maximum atomic E-state index is 2.41. The predicted molar refractivity (Wildman–Crippen MR) is 45.6 cm³/mol. The van der Waals surface area contributed by atoms with Crippen LogP contribution in [0.4, 0.5) is 0 Å². The molecule has 0 nitrogen and oxygen atoms in total. The summed E-state index contributed by atoms with van der Waals surface area (Å²) < 4.78 is 1.65. The van der Waals surface area contributed by atoms with E-state index in [-0.39, 0.29) is 0 Å². The Morgan fingerprint density at radius 3 is 2.11 bits per heavy atom. The molecule has 9 heavy (non-hydrogen) atoms. The predicted octanol–water partition coefficient (Wildman–Crippen LogP) is 1.22. The summed E-state index contributed by atoms with van der Waals surface area (Å²) in [6.07, 6.45) is 2.41. The van der Waals surface area contributed by atoms with Gasteiger partial charge in [0.1, 0.15) is 0 Å². The molecule has 0 saturated heterocycles. The first kappa shape index (κ1) is 7.13. The Kier molecular flexibility index (Phi) is 1.85. The van der Waals surface area contributed by atoms with Gasteiger partial charge in [-0.15, -0.1) is 0 Å². The summed E-state index contributed by atoms with van der Waals surface area (Å²) in [5.41, 5.74) is 3.15. The van der Waals surface area contributed by atoms with Crippen molar-refractivity contribution in [2.75, 3.05) is 0 Å². The Morgan fingerprint density at radius 1 is 1.44 bits per heavy atom. The molecule has 0 N–H and O–H groups in total. The van der Waals surface area contributed by atoms with Crippen LogP contribution in [0.2, 0.25) is 0 Å². The zero-order valence-electron chi connectivity index (χ0n) is 6.65. The fourth-order valence-electron chi connectivity index (χ4n) is 1.28. The van der Waals surface area contributed by atoms with Gasteiger partial charge in [-0.05, 0) is 0 Å². The van der Waals surface area contributed by atoms with Crippen molar-refractivity contribution in [1.29, 1.82) is 0 Å². The molecule has 50 valence electrons. The van der Waals surface area contributed by atoms with E-state index in [1.165, 1.54) is 0 Å². The second kappa shape index (κ2) is 2.33. The van der Waals surface area contributed by atoms with Gasteiger partial charge < -0.3 is 0 Å². The summed E-state index contributed by atoms with van der Waals surface area (Å²) in [6, 6.07) is 0. The van der Waals surface area contributed by atoms with Crippen LogP contribution in [0.15, 0.2) is 21.6 Å². The topological polar surface area (TPSA) is 0 Å². The molecule has 0 aromatic carbocycles. The average molecular weight is 183 g/mol. The van der Waals surface area contributed by atoms with E-state index < -0.39 is 0 Å². The van der Waals surface area contributed by atoms with E-state index in [9.17, 15) is 0 Å². The van der Waals surface area contributed by atoms with Crippen molar-refractivity contribution >= 4 is 16.5 Å². The Bertz CT molecular complexity index is 187. The van der Waals surface area contributed by atoms with Gasteiger partial charge >= 0.3 is 64.8 Å². The van der Waals surface area contributed by atoms with Crippen molar-refractivity contribution in [2.24, 2.45) is 5.92 Å². The monoisotopic (exact) mass is 184 g/mol. The van der Waals surface area contributed by atoms with Crippen molar-refractivity contribution in [2.45, 2.75) is 20.8 Å². The molecule has 0 spiro atoms. The van der Waals surface area contributed by atoms with Crippen molar-refractivity contribution < 1.29 is 0 Å². The third kappa shape index (κ3) is 1.13. The normalized spacial score (nSPS) is 27.4. The number of rotatable bonds is 0. The fourth-order valence-corrected chi connectivity index (χ4v) is 3.15. The molecule has 0 fully saturated rings. The molecule has 0 saturated carbocycles. The van der Waals surface area contributed by atoms with Crippen LogP contribution in [-0.2, 0) is 0 Å². The molecule has 0 aromatic heterocycles. The van der Waals surface area contributed by atoms with Gasteiger partial charge in [0.05, 0.1) is 0 Å². The van der Waals surface area contributed by atoms with Gasteiger partial charge in [0.25, 0.3) is 0 Å². The molecule has 1 rings (SSSR count). The van der Waals surface area contributed by atoms with Crippen LogP contribution in [0, 0.1) is 5.92 Å². The molecule has 0 radical (unpaired) electrons. The minimum atomic E-state index is 0.732. The molecular weight excluding hydrogens is 169 g/mol. The zero-order chi connectivity index (χ0) is 7.02. The SMILES string of the molecule is CC1=C(C)C(C)C=[C]1[GeH3]. The van der Waals surface area contributed by atoms with E-state index in [4.69, 9.17) is 0 Å². The standard InChI is InChI=1S/C8H14Ge/c1-5-4-8(9)7(3)6(5)2/h4-5H,1-3,9H3. The molecule has 0 bridgehead atoms. The van der Waals surface area contributed by atoms with Gasteiger partial charge in [0, 0.05) is 0 Å². The Hall–Kier alpha value is 0.0229.